The van der Waals surface area contributed by atoms with Gasteiger partial charge in [0, 0.05) is 29.6 Å². The molecular formula is C13H17IN4. The summed E-state index contributed by atoms with van der Waals surface area (Å²) < 4.78 is 3.22. The third-order valence-corrected chi connectivity index (χ3v) is 3.69. The highest BCUT2D eigenvalue weighted by atomic mass is 127. The lowest BCUT2D eigenvalue weighted by Gasteiger charge is -2.14. The molecule has 2 rings (SSSR count). The maximum Gasteiger partial charge on any atom is 0.133 e. The van der Waals surface area contributed by atoms with Crippen molar-refractivity contribution in [2.24, 2.45) is 7.05 Å². The second-order valence-corrected chi connectivity index (χ2v) is 5.58. The molecule has 96 valence electrons. The number of rotatable bonds is 5. The van der Waals surface area contributed by atoms with Crippen molar-refractivity contribution in [3.8, 4) is 0 Å². The van der Waals surface area contributed by atoms with Crippen molar-refractivity contribution < 1.29 is 0 Å². The molecule has 1 aromatic carbocycles. The first-order valence-corrected chi connectivity index (χ1v) is 7.06. The number of nitrogens with zero attached hydrogens (tertiary/aromatic N) is 3. The van der Waals surface area contributed by atoms with Gasteiger partial charge in [0.15, 0.2) is 0 Å². The summed E-state index contributed by atoms with van der Waals surface area (Å²) in [5.41, 5.74) is 1.31. The number of aromatic nitrogens is 3. The average Bonchev–Trinajstić information content (AvgIpc) is 2.76. The molecule has 0 aliphatic carbocycles. The van der Waals surface area contributed by atoms with Crippen molar-refractivity contribution in [1.29, 1.82) is 0 Å². The van der Waals surface area contributed by atoms with E-state index in [9.17, 15) is 0 Å². The molecule has 2 aromatic rings. The molecule has 0 saturated heterocycles. The Hall–Kier alpha value is -0.950. The summed E-state index contributed by atoms with van der Waals surface area (Å²) in [7, 11) is 1.97. The molecule has 18 heavy (non-hydrogen) atoms. The van der Waals surface area contributed by atoms with E-state index in [1.54, 1.807) is 6.33 Å². The third kappa shape index (κ3) is 3.52. The third-order valence-electron chi connectivity index (χ3n) is 2.97. The van der Waals surface area contributed by atoms with Crippen molar-refractivity contribution in [1.82, 2.24) is 20.1 Å². The molecule has 0 amide bonds. The summed E-state index contributed by atoms with van der Waals surface area (Å²) in [5.74, 6) is 1.01. The van der Waals surface area contributed by atoms with Gasteiger partial charge in [-0.25, -0.2) is 0 Å². The quantitative estimate of drug-likeness (QED) is 0.837. The lowest BCUT2D eigenvalue weighted by atomic mass is 10.1. The van der Waals surface area contributed by atoms with Gasteiger partial charge in [-0.2, -0.15) is 0 Å². The highest BCUT2D eigenvalue weighted by Crippen LogP contribution is 2.14. The Kier molecular flexibility index (Phi) is 4.71. The maximum absolute atomic E-state index is 4.07. The van der Waals surface area contributed by atoms with Gasteiger partial charge in [0.25, 0.3) is 0 Å². The topological polar surface area (TPSA) is 42.7 Å². The van der Waals surface area contributed by atoms with Gasteiger partial charge in [0.05, 0.1) is 0 Å². The number of halogens is 1. The molecule has 1 heterocycles. The Bertz CT molecular complexity index is 492. The van der Waals surface area contributed by atoms with Crippen LogP contribution in [0.25, 0.3) is 0 Å². The zero-order valence-corrected chi connectivity index (χ0v) is 12.8. The molecule has 0 bridgehead atoms. The molecule has 0 radical (unpaired) electrons. The number of benzene rings is 1. The molecule has 1 atom stereocenters. The van der Waals surface area contributed by atoms with Gasteiger partial charge in [-0.05, 0) is 47.2 Å². The number of hydrogen-bond donors (Lipinski definition) is 1. The standard InChI is InChI=1S/C13H17IN4/c1-10(11-3-5-12(14)6-4-11)15-8-7-13-17-16-9-18(13)2/h3-6,9-10,15H,7-8H2,1-2H3. The van der Waals surface area contributed by atoms with E-state index in [0.29, 0.717) is 6.04 Å². The molecule has 0 aliphatic rings. The van der Waals surface area contributed by atoms with Crippen LogP contribution >= 0.6 is 22.6 Å². The molecule has 0 aliphatic heterocycles. The van der Waals surface area contributed by atoms with Gasteiger partial charge in [0.2, 0.25) is 0 Å². The Morgan fingerprint density at radius 2 is 2.06 bits per heavy atom. The molecule has 1 aromatic heterocycles. The van der Waals surface area contributed by atoms with E-state index in [-0.39, 0.29) is 0 Å². The van der Waals surface area contributed by atoms with E-state index in [2.05, 4.69) is 69.3 Å². The van der Waals surface area contributed by atoms with Gasteiger partial charge in [-0.15, -0.1) is 10.2 Å². The monoisotopic (exact) mass is 356 g/mol. The van der Waals surface area contributed by atoms with Crippen LogP contribution < -0.4 is 5.32 Å². The average molecular weight is 356 g/mol. The fourth-order valence-corrected chi connectivity index (χ4v) is 2.16. The number of hydrogen-bond acceptors (Lipinski definition) is 3. The van der Waals surface area contributed by atoms with Crippen LogP contribution in [0.1, 0.15) is 24.4 Å². The Balaban J connectivity index is 1.83. The molecule has 0 fully saturated rings. The van der Waals surface area contributed by atoms with E-state index < -0.39 is 0 Å². The van der Waals surface area contributed by atoms with Crippen molar-refractivity contribution in [2.75, 3.05) is 6.54 Å². The van der Waals surface area contributed by atoms with E-state index in [1.807, 2.05) is 11.6 Å². The second-order valence-electron chi connectivity index (χ2n) is 4.34. The van der Waals surface area contributed by atoms with E-state index in [0.717, 1.165) is 18.8 Å². The smallest absolute Gasteiger partial charge is 0.133 e. The van der Waals surface area contributed by atoms with Crippen LogP contribution in [-0.2, 0) is 13.5 Å². The minimum absolute atomic E-state index is 0.357. The summed E-state index contributed by atoms with van der Waals surface area (Å²) in [6, 6.07) is 8.96. The van der Waals surface area contributed by atoms with Crippen LogP contribution in [0.4, 0.5) is 0 Å². The molecular weight excluding hydrogens is 339 g/mol. The van der Waals surface area contributed by atoms with Gasteiger partial charge >= 0.3 is 0 Å². The van der Waals surface area contributed by atoms with Gasteiger partial charge in [0.1, 0.15) is 12.2 Å². The normalized spacial score (nSPS) is 12.6. The fourth-order valence-electron chi connectivity index (χ4n) is 1.80. The van der Waals surface area contributed by atoms with Crippen molar-refractivity contribution >= 4 is 22.6 Å². The molecule has 0 saturated carbocycles. The van der Waals surface area contributed by atoms with Crippen molar-refractivity contribution in [3.63, 3.8) is 0 Å². The summed E-state index contributed by atoms with van der Waals surface area (Å²) in [5, 5.41) is 11.4. The SMILES string of the molecule is CC(NCCc1nncn1C)c1ccc(I)cc1. The van der Waals surface area contributed by atoms with Crippen molar-refractivity contribution in [2.45, 2.75) is 19.4 Å². The first kappa shape index (κ1) is 13.5. The zero-order chi connectivity index (χ0) is 13.0. The predicted octanol–water partition coefficient (Wildman–Crippen LogP) is 2.31. The highest BCUT2D eigenvalue weighted by Gasteiger charge is 2.05. The molecule has 4 nitrogen and oxygen atoms in total. The predicted molar refractivity (Wildman–Crippen MR) is 80.3 cm³/mol. The Morgan fingerprint density at radius 3 is 2.67 bits per heavy atom. The first-order valence-electron chi connectivity index (χ1n) is 5.98. The molecule has 0 spiro atoms. The van der Waals surface area contributed by atoms with Crippen LogP contribution in [0, 0.1) is 3.57 Å². The summed E-state index contributed by atoms with van der Waals surface area (Å²) in [6.45, 7) is 3.08. The lowest BCUT2D eigenvalue weighted by molar-refractivity contribution is 0.564. The minimum atomic E-state index is 0.357. The summed E-state index contributed by atoms with van der Waals surface area (Å²) in [4.78, 5) is 0. The lowest BCUT2D eigenvalue weighted by Crippen LogP contribution is -2.22. The van der Waals surface area contributed by atoms with Gasteiger partial charge in [-0.3, -0.25) is 0 Å². The van der Waals surface area contributed by atoms with Crippen LogP contribution in [0.2, 0.25) is 0 Å². The first-order chi connectivity index (χ1) is 8.66. The van der Waals surface area contributed by atoms with Crippen molar-refractivity contribution in [3.05, 3.63) is 45.6 Å². The minimum Gasteiger partial charge on any atom is -0.321 e. The van der Waals surface area contributed by atoms with Crippen LogP contribution in [-0.4, -0.2) is 21.3 Å². The van der Waals surface area contributed by atoms with Crippen LogP contribution in [0.5, 0.6) is 0 Å². The Labute approximate surface area is 121 Å². The fraction of sp³-hybridized carbons (Fsp3) is 0.385. The van der Waals surface area contributed by atoms with E-state index >= 15 is 0 Å². The largest absolute Gasteiger partial charge is 0.321 e. The number of nitrogens with one attached hydrogen (secondary N) is 1. The van der Waals surface area contributed by atoms with Crippen LogP contribution in [0.15, 0.2) is 30.6 Å². The maximum atomic E-state index is 4.07. The summed E-state index contributed by atoms with van der Waals surface area (Å²) in [6.07, 6.45) is 2.63. The van der Waals surface area contributed by atoms with Gasteiger partial charge < -0.3 is 9.88 Å². The molecule has 1 unspecified atom stereocenters. The number of aryl methyl sites for hydroxylation is 1. The zero-order valence-electron chi connectivity index (χ0n) is 10.6. The molecule has 1 N–H and O–H groups in total. The van der Waals surface area contributed by atoms with E-state index in [4.69, 9.17) is 0 Å². The second kappa shape index (κ2) is 6.29. The van der Waals surface area contributed by atoms with Gasteiger partial charge in [-0.1, -0.05) is 12.1 Å². The van der Waals surface area contributed by atoms with E-state index in [1.165, 1.54) is 9.13 Å². The molecule has 5 heteroatoms. The highest BCUT2D eigenvalue weighted by molar-refractivity contribution is 14.1. The Morgan fingerprint density at radius 1 is 1.33 bits per heavy atom. The summed E-state index contributed by atoms with van der Waals surface area (Å²) >= 11 is 2.32. The van der Waals surface area contributed by atoms with Crippen LogP contribution in [0.3, 0.4) is 0 Å².